The molecule has 5 aromatic rings. The van der Waals surface area contributed by atoms with Gasteiger partial charge >= 0.3 is 24.9 Å². The summed E-state index contributed by atoms with van der Waals surface area (Å²) in [5, 5.41) is 8.63. The number of rotatable bonds is 12. The minimum Gasteiger partial charge on any atom is -0.415 e. The van der Waals surface area contributed by atoms with Crippen molar-refractivity contribution in [3.8, 4) is 11.5 Å². The molecule has 0 radical (unpaired) electrons. The van der Waals surface area contributed by atoms with Gasteiger partial charge in [-0.3, -0.25) is 19.4 Å². The Balaban J connectivity index is 0.000000221. The number of ketones is 1. The third-order valence-corrected chi connectivity index (χ3v) is 11.2. The molecule has 2 aliphatic rings. The second-order valence-electron chi connectivity index (χ2n) is 16.3. The van der Waals surface area contributed by atoms with Gasteiger partial charge in [-0.05, 0) is 81.5 Å². The van der Waals surface area contributed by atoms with E-state index in [2.05, 4.69) is 20.0 Å². The number of halogens is 6. The molecule has 0 spiro atoms. The molecule has 0 saturated carbocycles. The number of likely N-dealkylation sites (N-methyl/N-ethyl adjacent to an activating group) is 2. The first-order valence-electron chi connectivity index (χ1n) is 21.4. The van der Waals surface area contributed by atoms with Crippen LogP contribution in [0.25, 0.3) is 11.5 Å². The normalized spacial score (nSPS) is 14.4. The first-order chi connectivity index (χ1) is 32.0. The number of carbonyl (C=O) groups is 4. The topological polar surface area (TPSA) is 139 Å². The Hall–Kier alpha value is -6.80. The zero-order valence-corrected chi connectivity index (χ0v) is 37.4. The number of hydrogen-bond donors (Lipinski definition) is 1. The van der Waals surface area contributed by atoms with Crippen molar-refractivity contribution in [2.75, 3.05) is 82.8 Å². The van der Waals surface area contributed by atoms with Crippen LogP contribution in [0.1, 0.15) is 44.9 Å². The van der Waals surface area contributed by atoms with E-state index in [0.717, 1.165) is 49.4 Å². The predicted molar refractivity (Wildman–Crippen MR) is 238 cm³/mol. The van der Waals surface area contributed by atoms with E-state index < -0.39 is 48.6 Å². The van der Waals surface area contributed by atoms with Crippen molar-refractivity contribution in [1.82, 2.24) is 35.1 Å². The highest BCUT2D eigenvalue weighted by atomic mass is 19.3. The standard InChI is InChI=1S/C24H27F3N4O3.C23H24F3N5O2/c1-16-4-3-5-19(12-16)31(24(34)30-10-8-29(2)9-11-30)15-18-7-6-17(13-20(18)25)21(32)14-28-23(33)22(26)27;1-15-4-3-5-18(12-15)31(23(32)30-10-8-29(2)9-11-30)14-17-7-6-16(13-19(17)24)21-27-28-22(33-21)20(25)26/h3-7,12-13,22H,8-11,14-15H2,1-2H3,(H,28,33);3-7,12-13,20H,8-11,14H2,1-2H3. The van der Waals surface area contributed by atoms with Crippen LogP contribution in [0.5, 0.6) is 0 Å². The second-order valence-corrected chi connectivity index (χ2v) is 16.3. The fraction of sp³-hybridized carbons (Fsp3) is 0.362. The van der Waals surface area contributed by atoms with Gasteiger partial charge in [-0.15, -0.1) is 10.2 Å². The highest BCUT2D eigenvalue weighted by Gasteiger charge is 2.29. The summed E-state index contributed by atoms with van der Waals surface area (Å²) in [7, 11) is 3.99. The van der Waals surface area contributed by atoms with Gasteiger partial charge in [-0.25, -0.2) is 18.4 Å². The van der Waals surface area contributed by atoms with Crippen LogP contribution in [-0.4, -0.2) is 133 Å². The Kier molecular flexibility index (Phi) is 16.7. The number of Topliss-reactive ketones (excluding diaryl/α,β-unsaturated/α-hetero) is 1. The molecule has 7 rings (SSSR count). The monoisotopic (exact) mass is 935 g/mol. The van der Waals surface area contributed by atoms with Gasteiger partial charge < -0.3 is 29.3 Å². The summed E-state index contributed by atoms with van der Waals surface area (Å²) in [6, 6.07) is 22.3. The lowest BCUT2D eigenvalue weighted by atomic mass is 10.1. The predicted octanol–water partition coefficient (Wildman–Crippen LogP) is 7.57. The number of nitrogens with zero attached hydrogens (tertiary/aromatic N) is 8. The van der Waals surface area contributed by atoms with Crippen molar-refractivity contribution in [2.45, 2.75) is 39.8 Å². The van der Waals surface area contributed by atoms with Crippen LogP contribution in [0.15, 0.2) is 89.3 Å². The molecular weight excluding hydrogens is 885 g/mol. The van der Waals surface area contributed by atoms with Gasteiger partial charge in [0.25, 0.3) is 11.8 Å². The van der Waals surface area contributed by atoms with Crippen LogP contribution in [-0.2, 0) is 17.9 Å². The number of nitrogens with one attached hydrogen (secondary N) is 1. The Labute approximate surface area is 383 Å². The number of aryl methyl sites for hydroxylation is 2. The molecule has 20 heteroatoms. The van der Waals surface area contributed by atoms with Gasteiger partial charge in [0.2, 0.25) is 5.89 Å². The van der Waals surface area contributed by atoms with E-state index in [1.54, 1.807) is 26.1 Å². The maximum atomic E-state index is 15.0. The molecule has 0 aliphatic carbocycles. The number of carbonyl (C=O) groups excluding carboxylic acids is 4. The minimum absolute atomic E-state index is 0.00680. The summed E-state index contributed by atoms with van der Waals surface area (Å²) in [6.07, 6.45) is -6.14. The SMILES string of the molecule is Cc1cccc(N(Cc2ccc(-c3nnc(C(F)F)o3)cc2F)C(=O)N2CCN(C)CC2)c1.Cc1cccc(N(Cc2ccc(C(=O)CNC(=O)C(F)F)cc2F)C(=O)N2CCN(C)CC2)c1. The highest BCUT2D eigenvalue weighted by molar-refractivity contribution is 5.99. The summed E-state index contributed by atoms with van der Waals surface area (Å²) >= 11 is 0. The molecule has 356 valence electrons. The summed E-state index contributed by atoms with van der Waals surface area (Å²) in [5.74, 6) is -4.61. The van der Waals surface area contributed by atoms with E-state index in [4.69, 9.17) is 4.42 Å². The number of urea groups is 2. The van der Waals surface area contributed by atoms with E-state index in [1.165, 1.54) is 29.2 Å². The summed E-state index contributed by atoms with van der Waals surface area (Å²) in [5.41, 5.74) is 3.80. The maximum Gasteiger partial charge on any atom is 0.324 e. The summed E-state index contributed by atoms with van der Waals surface area (Å²) < 4.78 is 84.8. The smallest absolute Gasteiger partial charge is 0.324 e. The molecule has 0 unspecified atom stereocenters. The number of amides is 5. The molecule has 2 fully saturated rings. The summed E-state index contributed by atoms with van der Waals surface area (Å²) in [4.78, 5) is 60.7. The Morgan fingerprint density at radius 2 is 1.15 bits per heavy atom. The number of anilines is 2. The van der Waals surface area contributed by atoms with Crippen molar-refractivity contribution >= 4 is 35.1 Å². The maximum absolute atomic E-state index is 15.0. The van der Waals surface area contributed by atoms with Crippen LogP contribution in [0.4, 0.5) is 47.3 Å². The van der Waals surface area contributed by atoms with Gasteiger partial charge in [0.1, 0.15) is 11.6 Å². The molecule has 14 nitrogen and oxygen atoms in total. The van der Waals surface area contributed by atoms with Crippen molar-refractivity contribution in [1.29, 1.82) is 0 Å². The van der Waals surface area contributed by atoms with Crippen LogP contribution >= 0.6 is 0 Å². The summed E-state index contributed by atoms with van der Waals surface area (Å²) in [6.45, 7) is 8.39. The van der Waals surface area contributed by atoms with Gasteiger partial charge in [0, 0.05) is 86.0 Å². The Bertz CT molecular complexity index is 2530. The molecule has 2 aliphatic heterocycles. The average Bonchev–Trinajstić information content (AvgIpc) is 3.81. The van der Waals surface area contributed by atoms with Gasteiger partial charge in [0.05, 0.1) is 19.6 Å². The van der Waals surface area contributed by atoms with Crippen molar-refractivity contribution in [3.05, 3.63) is 130 Å². The second kappa shape index (κ2) is 22.6. The average molecular weight is 936 g/mol. The molecular formula is C47H51F6N9O5. The van der Waals surface area contributed by atoms with Crippen molar-refractivity contribution in [3.63, 3.8) is 0 Å². The van der Waals surface area contributed by atoms with E-state index in [9.17, 15) is 41.1 Å². The number of aromatic nitrogens is 2. The van der Waals surface area contributed by atoms with Crippen LogP contribution in [0.2, 0.25) is 0 Å². The molecule has 67 heavy (non-hydrogen) atoms. The minimum atomic E-state index is -3.24. The largest absolute Gasteiger partial charge is 0.415 e. The molecule has 3 heterocycles. The van der Waals surface area contributed by atoms with Gasteiger partial charge in [-0.1, -0.05) is 42.5 Å². The zero-order chi connectivity index (χ0) is 48.4. The molecule has 0 atom stereocenters. The zero-order valence-electron chi connectivity index (χ0n) is 37.4. The van der Waals surface area contributed by atoms with E-state index >= 15 is 4.39 Å². The van der Waals surface area contributed by atoms with Gasteiger partial charge in [0.15, 0.2) is 5.78 Å². The number of benzene rings is 4. The molecule has 2 saturated heterocycles. The van der Waals surface area contributed by atoms with E-state index in [0.29, 0.717) is 37.6 Å². The molecule has 1 N–H and O–H groups in total. The third kappa shape index (κ3) is 13.2. The highest BCUT2D eigenvalue weighted by Crippen LogP contribution is 2.28. The van der Waals surface area contributed by atoms with E-state index in [1.807, 2.05) is 70.4 Å². The molecule has 5 amide bonds. The Morgan fingerprint density at radius 3 is 1.58 bits per heavy atom. The fourth-order valence-electron chi connectivity index (χ4n) is 7.25. The molecule has 1 aromatic heterocycles. The lowest BCUT2D eigenvalue weighted by molar-refractivity contribution is -0.131. The van der Waals surface area contributed by atoms with E-state index in [-0.39, 0.29) is 53.3 Å². The number of piperazine rings is 2. The van der Waals surface area contributed by atoms with Crippen LogP contribution in [0.3, 0.4) is 0 Å². The van der Waals surface area contributed by atoms with Crippen molar-refractivity contribution in [2.24, 2.45) is 0 Å². The molecule has 4 aromatic carbocycles. The third-order valence-electron chi connectivity index (χ3n) is 11.2. The first-order valence-corrected chi connectivity index (χ1v) is 21.4. The number of alkyl halides is 4. The van der Waals surface area contributed by atoms with Gasteiger partial charge in [-0.2, -0.15) is 17.6 Å². The quantitative estimate of drug-likeness (QED) is 0.0992. The fourth-order valence-corrected chi connectivity index (χ4v) is 7.25. The van der Waals surface area contributed by atoms with Crippen molar-refractivity contribution < 1.29 is 49.9 Å². The number of hydrogen-bond acceptors (Lipinski definition) is 9. The van der Waals surface area contributed by atoms with Crippen LogP contribution in [0, 0.1) is 25.5 Å². The lowest BCUT2D eigenvalue weighted by Gasteiger charge is -2.36. The Morgan fingerprint density at radius 1 is 0.657 bits per heavy atom. The first kappa shape index (κ1) is 49.6. The lowest BCUT2D eigenvalue weighted by Crippen LogP contribution is -2.52. The molecule has 0 bridgehead atoms. The van der Waals surface area contributed by atoms with Crippen LogP contribution < -0.4 is 15.1 Å².